The van der Waals surface area contributed by atoms with Crippen LogP contribution in [0.15, 0.2) is 36.8 Å². The monoisotopic (exact) mass is 529 g/mol. The van der Waals surface area contributed by atoms with Gasteiger partial charge in [-0.2, -0.15) is 31.4 Å². The third kappa shape index (κ3) is 4.56. The molecule has 0 aliphatic rings. The Morgan fingerprint density at radius 1 is 0.971 bits per heavy atom. The minimum absolute atomic E-state index is 0.0453. The second-order valence-corrected chi connectivity index (χ2v) is 7.80. The number of hydrogen-bond acceptors (Lipinski definition) is 4. The van der Waals surface area contributed by atoms with E-state index < -0.39 is 29.0 Å². The van der Waals surface area contributed by atoms with Crippen LogP contribution in [-0.2, 0) is 5.67 Å². The zero-order valence-electron chi connectivity index (χ0n) is 17.0. The number of ether oxygens (including phenoxy) is 1. The Morgan fingerprint density at radius 2 is 1.53 bits per heavy atom. The van der Waals surface area contributed by atoms with E-state index in [-0.39, 0.29) is 33.3 Å². The molecule has 0 atom stereocenters. The van der Waals surface area contributed by atoms with Gasteiger partial charge in [0.1, 0.15) is 0 Å². The third-order valence-corrected chi connectivity index (χ3v) is 5.19. The highest BCUT2D eigenvalue weighted by molar-refractivity contribution is 6.61. The van der Waals surface area contributed by atoms with E-state index in [0.29, 0.717) is 17.7 Å². The molecule has 2 aromatic heterocycles. The Morgan fingerprint density at radius 3 is 2.03 bits per heavy atom. The normalized spacial score (nSPS) is 12.7. The summed E-state index contributed by atoms with van der Waals surface area (Å²) in [6, 6.07) is 2.28. The summed E-state index contributed by atoms with van der Waals surface area (Å²) in [6.45, 7) is 2.50. The van der Waals surface area contributed by atoms with Gasteiger partial charge < -0.3 is 4.74 Å². The number of benzene rings is 1. The summed E-state index contributed by atoms with van der Waals surface area (Å²) < 4.78 is 99.3. The lowest BCUT2D eigenvalue weighted by molar-refractivity contribution is -0.348. The SMILES string of the molecule is Cc1cc(C(F)(C(F)(F)F)C(F)(F)F)cc(C)c1-c1cnn(-c2cnc(Cl)c(OC(=O)Cl)c2)c1. The Hall–Kier alpha value is -2.86. The number of aromatic nitrogens is 3. The molecule has 0 saturated carbocycles. The molecule has 3 aromatic rings. The van der Waals surface area contributed by atoms with Gasteiger partial charge in [0, 0.05) is 35.0 Å². The number of halogens is 9. The fourth-order valence-electron chi connectivity index (χ4n) is 3.40. The summed E-state index contributed by atoms with van der Waals surface area (Å²) >= 11 is 11.0. The Bertz CT molecular complexity index is 1220. The van der Waals surface area contributed by atoms with Gasteiger partial charge in [0.05, 0.1) is 18.1 Å². The molecular weight excluding hydrogens is 518 g/mol. The molecule has 34 heavy (non-hydrogen) atoms. The zero-order valence-corrected chi connectivity index (χ0v) is 18.5. The predicted molar refractivity (Wildman–Crippen MR) is 108 cm³/mol. The van der Waals surface area contributed by atoms with Crippen molar-refractivity contribution in [2.24, 2.45) is 0 Å². The molecule has 0 unspecified atom stereocenters. The maximum absolute atomic E-state index is 14.5. The molecule has 0 N–H and O–H groups in total. The predicted octanol–water partition coefficient (Wildman–Crippen LogP) is 7.23. The number of nitrogens with zero attached hydrogens (tertiary/aromatic N) is 3. The van der Waals surface area contributed by atoms with E-state index in [1.54, 1.807) is 0 Å². The third-order valence-electron chi connectivity index (χ3n) is 4.83. The van der Waals surface area contributed by atoms with Gasteiger partial charge in [-0.1, -0.05) is 23.7 Å². The van der Waals surface area contributed by atoms with Gasteiger partial charge in [0.15, 0.2) is 10.9 Å². The first-order chi connectivity index (χ1) is 15.6. The van der Waals surface area contributed by atoms with Crippen LogP contribution in [0.4, 0.5) is 35.5 Å². The van der Waals surface area contributed by atoms with Crippen molar-refractivity contribution in [3.05, 3.63) is 58.6 Å². The lowest BCUT2D eigenvalue weighted by atomic mass is 9.87. The topological polar surface area (TPSA) is 57.0 Å². The van der Waals surface area contributed by atoms with Crippen LogP contribution in [0, 0.1) is 13.8 Å². The summed E-state index contributed by atoms with van der Waals surface area (Å²) in [5, 5.41) is 3.90. The molecule has 14 heteroatoms. The summed E-state index contributed by atoms with van der Waals surface area (Å²) in [5.74, 6) is -0.175. The molecule has 0 bridgehead atoms. The van der Waals surface area contributed by atoms with Crippen molar-refractivity contribution in [3.63, 3.8) is 0 Å². The molecule has 0 fully saturated rings. The van der Waals surface area contributed by atoms with Crippen LogP contribution in [0.25, 0.3) is 16.8 Å². The summed E-state index contributed by atoms with van der Waals surface area (Å²) in [7, 11) is 0. The van der Waals surface area contributed by atoms with Gasteiger partial charge in [-0.25, -0.2) is 18.9 Å². The standard InChI is InChI=1S/C20H12Cl2F7N3O2/c1-9-3-12(18(23,19(24,25)26)20(27,28)29)4-10(2)15(9)11-6-31-32(8-11)13-5-14(34-17(22)33)16(21)30-7-13/h3-8H,1-2H3. The van der Waals surface area contributed by atoms with Gasteiger partial charge in [0.25, 0.3) is 0 Å². The van der Waals surface area contributed by atoms with Crippen molar-refractivity contribution in [2.75, 3.05) is 0 Å². The summed E-state index contributed by atoms with van der Waals surface area (Å²) in [6.07, 6.45) is -8.50. The number of carbonyl (C=O) groups excluding carboxylic acids is 1. The second kappa shape index (κ2) is 8.73. The average molecular weight is 530 g/mol. The van der Waals surface area contributed by atoms with E-state index in [0.717, 1.165) is 0 Å². The lowest BCUT2D eigenvalue weighted by Crippen LogP contribution is -2.50. The molecule has 2 heterocycles. The maximum atomic E-state index is 14.5. The molecule has 0 aliphatic heterocycles. The zero-order chi connectivity index (χ0) is 25.6. The first-order valence-electron chi connectivity index (χ1n) is 9.08. The number of alkyl halides is 7. The summed E-state index contributed by atoms with van der Waals surface area (Å²) in [4.78, 5) is 14.8. The van der Waals surface area contributed by atoms with Crippen molar-refractivity contribution in [1.82, 2.24) is 14.8 Å². The van der Waals surface area contributed by atoms with Crippen molar-refractivity contribution < 1.29 is 40.3 Å². The smallest absolute Gasteiger partial charge is 0.411 e. The maximum Gasteiger partial charge on any atom is 0.435 e. The van der Waals surface area contributed by atoms with E-state index in [1.165, 1.54) is 43.2 Å². The molecular formula is C20H12Cl2F7N3O2. The van der Waals surface area contributed by atoms with Crippen LogP contribution in [0.1, 0.15) is 16.7 Å². The Balaban J connectivity index is 2.07. The number of aryl methyl sites for hydroxylation is 2. The Labute approximate surface area is 197 Å². The lowest BCUT2D eigenvalue weighted by Gasteiger charge is -2.31. The molecule has 182 valence electrons. The molecule has 3 rings (SSSR count). The van der Waals surface area contributed by atoms with E-state index in [4.69, 9.17) is 27.9 Å². The van der Waals surface area contributed by atoms with Crippen LogP contribution in [-0.4, -0.2) is 32.5 Å². The summed E-state index contributed by atoms with van der Waals surface area (Å²) in [5.41, 5.74) is -7.58. The Kier molecular flexibility index (Phi) is 6.61. The first kappa shape index (κ1) is 25.8. The molecule has 0 amide bonds. The van der Waals surface area contributed by atoms with Gasteiger partial charge >= 0.3 is 23.4 Å². The average Bonchev–Trinajstić information content (AvgIpc) is 3.16. The molecule has 5 nitrogen and oxygen atoms in total. The molecule has 0 aliphatic carbocycles. The van der Waals surface area contributed by atoms with E-state index in [1.807, 2.05) is 0 Å². The molecule has 0 radical (unpaired) electrons. The first-order valence-corrected chi connectivity index (χ1v) is 9.84. The fourth-order valence-corrected chi connectivity index (χ4v) is 3.62. The molecule has 1 aromatic carbocycles. The van der Waals surface area contributed by atoms with Crippen molar-refractivity contribution in [1.29, 1.82) is 0 Å². The number of rotatable bonds is 4. The second-order valence-electron chi connectivity index (χ2n) is 7.13. The van der Waals surface area contributed by atoms with Crippen LogP contribution in [0.5, 0.6) is 5.75 Å². The number of pyridine rings is 1. The van der Waals surface area contributed by atoms with E-state index in [2.05, 4.69) is 10.1 Å². The van der Waals surface area contributed by atoms with Crippen LogP contribution >= 0.6 is 23.2 Å². The minimum atomic E-state index is -6.22. The van der Waals surface area contributed by atoms with Gasteiger partial charge in [-0.3, -0.25) is 0 Å². The van der Waals surface area contributed by atoms with Gasteiger partial charge in [-0.15, -0.1) is 0 Å². The van der Waals surface area contributed by atoms with Crippen LogP contribution < -0.4 is 4.74 Å². The quantitative estimate of drug-likeness (QED) is 0.203. The van der Waals surface area contributed by atoms with Crippen molar-refractivity contribution in [3.8, 4) is 22.6 Å². The number of hydrogen-bond donors (Lipinski definition) is 0. The largest absolute Gasteiger partial charge is 0.435 e. The number of carbonyl (C=O) groups is 1. The molecule has 0 spiro atoms. The highest BCUT2D eigenvalue weighted by atomic mass is 35.5. The fraction of sp³-hybridized carbons (Fsp3) is 0.250. The van der Waals surface area contributed by atoms with Gasteiger partial charge in [0.2, 0.25) is 0 Å². The van der Waals surface area contributed by atoms with Crippen LogP contribution in [0.2, 0.25) is 5.15 Å². The van der Waals surface area contributed by atoms with Crippen LogP contribution in [0.3, 0.4) is 0 Å². The van der Waals surface area contributed by atoms with Gasteiger partial charge in [-0.05, 0) is 30.5 Å². The molecule has 0 saturated heterocycles. The van der Waals surface area contributed by atoms with E-state index in [9.17, 15) is 35.5 Å². The van der Waals surface area contributed by atoms with Crippen molar-refractivity contribution >= 4 is 28.6 Å². The van der Waals surface area contributed by atoms with Crippen molar-refractivity contribution in [2.45, 2.75) is 31.9 Å². The minimum Gasteiger partial charge on any atom is -0.411 e. The van der Waals surface area contributed by atoms with E-state index >= 15 is 0 Å². The highest BCUT2D eigenvalue weighted by Crippen LogP contribution is 2.54. The highest BCUT2D eigenvalue weighted by Gasteiger charge is 2.73.